The summed E-state index contributed by atoms with van der Waals surface area (Å²) in [7, 11) is 0. The number of hydrogen-bond acceptors (Lipinski definition) is 6. The largest absolute Gasteiger partial charge is 0.375 e. The van der Waals surface area contributed by atoms with Gasteiger partial charge < -0.3 is 11.1 Å². The van der Waals surface area contributed by atoms with Crippen LogP contribution < -0.4 is 11.1 Å². The molecular weight excluding hydrogens is 268 g/mol. The SMILES string of the molecule is Nc1nc(CC(=O)Nc2nc3c(s2)CCC3)cs1. The van der Waals surface area contributed by atoms with Crippen molar-refractivity contribution < 1.29 is 4.79 Å². The van der Waals surface area contributed by atoms with E-state index in [0.29, 0.717) is 16.0 Å². The van der Waals surface area contributed by atoms with Crippen molar-refractivity contribution in [2.24, 2.45) is 0 Å². The molecule has 1 aliphatic rings. The number of thiazole rings is 2. The number of carbonyl (C=O) groups is 1. The lowest BCUT2D eigenvalue weighted by Crippen LogP contribution is -2.14. The molecule has 94 valence electrons. The first-order valence-electron chi connectivity index (χ1n) is 5.69. The average molecular weight is 280 g/mol. The Hall–Kier alpha value is -1.47. The molecule has 0 spiro atoms. The van der Waals surface area contributed by atoms with Gasteiger partial charge in [-0.05, 0) is 19.3 Å². The first-order valence-corrected chi connectivity index (χ1v) is 7.38. The van der Waals surface area contributed by atoms with E-state index in [9.17, 15) is 4.79 Å². The Kier molecular flexibility index (Phi) is 3.00. The van der Waals surface area contributed by atoms with Gasteiger partial charge in [0.05, 0.1) is 17.8 Å². The van der Waals surface area contributed by atoms with Gasteiger partial charge in [0.25, 0.3) is 0 Å². The second-order valence-electron chi connectivity index (χ2n) is 4.14. The number of carbonyl (C=O) groups excluding carboxylic acids is 1. The highest BCUT2D eigenvalue weighted by atomic mass is 32.1. The number of anilines is 2. The monoisotopic (exact) mass is 280 g/mol. The lowest BCUT2D eigenvalue weighted by atomic mass is 10.3. The molecule has 0 aliphatic heterocycles. The van der Waals surface area contributed by atoms with Gasteiger partial charge in [-0.15, -0.1) is 22.7 Å². The lowest BCUT2D eigenvalue weighted by molar-refractivity contribution is -0.115. The van der Waals surface area contributed by atoms with E-state index in [0.717, 1.165) is 18.5 Å². The molecule has 0 unspecified atom stereocenters. The molecular formula is C11H12N4OS2. The Morgan fingerprint density at radius 2 is 2.33 bits per heavy atom. The zero-order valence-corrected chi connectivity index (χ0v) is 11.2. The van der Waals surface area contributed by atoms with Gasteiger partial charge in [0.2, 0.25) is 5.91 Å². The fourth-order valence-electron chi connectivity index (χ4n) is 1.98. The third kappa shape index (κ3) is 2.37. The quantitative estimate of drug-likeness (QED) is 0.899. The Morgan fingerprint density at radius 3 is 3.06 bits per heavy atom. The molecule has 1 amide bonds. The van der Waals surface area contributed by atoms with Crippen LogP contribution in [0.5, 0.6) is 0 Å². The van der Waals surface area contributed by atoms with Crippen LogP contribution in [0.4, 0.5) is 10.3 Å². The maximum atomic E-state index is 11.8. The van der Waals surface area contributed by atoms with Crippen LogP contribution in [-0.2, 0) is 24.1 Å². The second kappa shape index (κ2) is 4.66. The van der Waals surface area contributed by atoms with Crippen molar-refractivity contribution in [3.8, 4) is 0 Å². The highest BCUT2D eigenvalue weighted by Crippen LogP contribution is 2.30. The highest BCUT2D eigenvalue weighted by Gasteiger charge is 2.18. The van der Waals surface area contributed by atoms with Crippen LogP contribution in [0.25, 0.3) is 0 Å². The summed E-state index contributed by atoms with van der Waals surface area (Å²) in [6.45, 7) is 0. The van der Waals surface area contributed by atoms with Crippen LogP contribution in [0, 0.1) is 0 Å². The number of hydrogen-bond donors (Lipinski definition) is 2. The van der Waals surface area contributed by atoms with E-state index >= 15 is 0 Å². The van der Waals surface area contributed by atoms with Gasteiger partial charge in [0.15, 0.2) is 10.3 Å². The van der Waals surface area contributed by atoms with E-state index in [-0.39, 0.29) is 12.3 Å². The zero-order valence-electron chi connectivity index (χ0n) is 9.60. The van der Waals surface area contributed by atoms with Gasteiger partial charge in [-0.2, -0.15) is 0 Å². The smallest absolute Gasteiger partial charge is 0.232 e. The zero-order chi connectivity index (χ0) is 12.5. The molecule has 0 fully saturated rings. The van der Waals surface area contributed by atoms with Gasteiger partial charge >= 0.3 is 0 Å². The standard InChI is InChI=1S/C11H12N4OS2/c12-10-13-6(5-17-10)4-9(16)15-11-14-7-2-1-3-8(7)18-11/h5H,1-4H2,(H2,12,13)(H,14,15,16). The molecule has 0 saturated heterocycles. The van der Waals surface area contributed by atoms with Crippen LogP contribution >= 0.6 is 22.7 Å². The minimum atomic E-state index is -0.0901. The fraction of sp³-hybridized carbons (Fsp3) is 0.364. The lowest BCUT2D eigenvalue weighted by Gasteiger charge is -1.99. The fourth-order valence-corrected chi connectivity index (χ4v) is 3.60. The summed E-state index contributed by atoms with van der Waals surface area (Å²) in [4.78, 5) is 21.6. The summed E-state index contributed by atoms with van der Waals surface area (Å²) in [5.41, 5.74) is 7.38. The van der Waals surface area contributed by atoms with Crippen LogP contribution in [0.3, 0.4) is 0 Å². The molecule has 0 bridgehead atoms. The second-order valence-corrected chi connectivity index (χ2v) is 6.12. The number of nitrogen functional groups attached to an aromatic ring is 1. The first-order chi connectivity index (χ1) is 8.70. The van der Waals surface area contributed by atoms with Crippen molar-refractivity contribution in [3.05, 3.63) is 21.6 Å². The molecule has 18 heavy (non-hydrogen) atoms. The Labute approximate surface area is 112 Å². The van der Waals surface area contributed by atoms with Crippen molar-refractivity contribution in [1.29, 1.82) is 0 Å². The number of fused-ring (bicyclic) bond motifs is 1. The number of rotatable bonds is 3. The van der Waals surface area contributed by atoms with Gasteiger partial charge in [-0.1, -0.05) is 0 Å². The summed E-state index contributed by atoms with van der Waals surface area (Å²) in [5.74, 6) is -0.0901. The predicted molar refractivity (Wildman–Crippen MR) is 73.0 cm³/mol. The van der Waals surface area contributed by atoms with Crippen molar-refractivity contribution in [2.75, 3.05) is 11.1 Å². The van der Waals surface area contributed by atoms with Gasteiger partial charge in [0.1, 0.15) is 0 Å². The van der Waals surface area contributed by atoms with Gasteiger partial charge in [-0.25, -0.2) is 9.97 Å². The van der Waals surface area contributed by atoms with Gasteiger partial charge in [-0.3, -0.25) is 4.79 Å². The van der Waals surface area contributed by atoms with Crippen LogP contribution in [0.2, 0.25) is 0 Å². The molecule has 0 saturated carbocycles. The first kappa shape index (κ1) is 11.6. The summed E-state index contributed by atoms with van der Waals surface area (Å²) in [5, 5.41) is 5.82. The Balaban J connectivity index is 1.63. The van der Waals surface area contributed by atoms with Crippen molar-refractivity contribution in [2.45, 2.75) is 25.7 Å². The van der Waals surface area contributed by atoms with E-state index in [4.69, 9.17) is 5.73 Å². The Bertz CT molecular complexity index is 568. The van der Waals surface area contributed by atoms with E-state index in [2.05, 4.69) is 15.3 Å². The molecule has 1 aliphatic carbocycles. The van der Waals surface area contributed by atoms with Crippen LogP contribution in [-0.4, -0.2) is 15.9 Å². The third-order valence-electron chi connectivity index (χ3n) is 2.75. The number of aromatic nitrogens is 2. The van der Waals surface area contributed by atoms with E-state index in [1.54, 1.807) is 16.7 Å². The number of nitrogens with two attached hydrogens (primary N) is 1. The summed E-state index contributed by atoms with van der Waals surface area (Å²) < 4.78 is 0. The predicted octanol–water partition coefficient (Wildman–Crippen LogP) is 1.85. The molecule has 0 aromatic carbocycles. The average Bonchev–Trinajstić information content (AvgIpc) is 2.94. The maximum absolute atomic E-state index is 11.8. The summed E-state index contributed by atoms with van der Waals surface area (Å²) in [6, 6.07) is 0. The minimum Gasteiger partial charge on any atom is -0.375 e. The summed E-state index contributed by atoms with van der Waals surface area (Å²) in [6.07, 6.45) is 3.55. The molecule has 0 atom stereocenters. The van der Waals surface area contributed by atoms with Crippen molar-refractivity contribution >= 4 is 38.8 Å². The Morgan fingerprint density at radius 1 is 1.44 bits per heavy atom. The highest BCUT2D eigenvalue weighted by molar-refractivity contribution is 7.16. The van der Waals surface area contributed by atoms with Gasteiger partial charge in [0, 0.05) is 10.3 Å². The van der Waals surface area contributed by atoms with Crippen molar-refractivity contribution in [1.82, 2.24) is 9.97 Å². The molecule has 5 nitrogen and oxygen atoms in total. The van der Waals surface area contributed by atoms with Crippen LogP contribution in [0.1, 0.15) is 22.7 Å². The number of aryl methyl sites for hydroxylation is 2. The van der Waals surface area contributed by atoms with Crippen molar-refractivity contribution in [3.63, 3.8) is 0 Å². The number of nitrogens with one attached hydrogen (secondary N) is 1. The molecule has 0 radical (unpaired) electrons. The van der Waals surface area contributed by atoms with E-state index in [1.807, 2.05) is 0 Å². The summed E-state index contributed by atoms with van der Waals surface area (Å²) >= 11 is 2.93. The minimum absolute atomic E-state index is 0.0901. The number of nitrogens with zero attached hydrogens (tertiary/aromatic N) is 2. The normalized spacial score (nSPS) is 13.6. The van der Waals surface area contributed by atoms with E-state index < -0.39 is 0 Å². The van der Waals surface area contributed by atoms with E-state index in [1.165, 1.54) is 22.6 Å². The molecule has 2 aromatic rings. The topological polar surface area (TPSA) is 80.9 Å². The molecule has 2 aromatic heterocycles. The molecule has 7 heteroatoms. The van der Waals surface area contributed by atoms with Crippen LogP contribution in [0.15, 0.2) is 5.38 Å². The molecule has 3 N–H and O–H groups in total. The third-order valence-corrected chi connectivity index (χ3v) is 4.55. The number of amides is 1. The maximum Gasteiger partial charge on any atom is 0.232 e. The molecule has 2 heterocycles. The molecule has 3 rings (SSSR count).